The van der Waals surface area contributed by atoms with Crippen LogP contribution >= 0.6 is 0 Å². The maximum absolute atomic E-state index is 5.93. The summed E-state index contributed by atoms with van der Waals surface area (Å²) < 4.78 is 11.4. The van der Waals surface area contributed by atoms with Gasteiger partial charge in [0.2, 0.25) is 0 Å². The van der Waals surface area contributed by atoms with Crippen LogP contribution in [0.3, 0.4) is 0 Å². The lowest BCUT2D eigenvalue weighted by atomic mass is 9.97. The van der Waals surface area contributed by atoms with E-state index < -0.39 is 0 Å². The Morgan fingerprint density at radius 3 is 2.40 bits per heavy atom. The van der Waals surface area contributed by atoms with Gasteiger partial charge in [-0.25, -0.2) is 0 Å². The van der Waals surface area contributed by atoms with E-state index in [1.165, 1.54) is 19.3 Å². The minimum absolute atomic E-state index is 0.0295. The predicted molar refractivity (Wildman–Crippen MR) is 61.6 cm³/mol. The number of nitrogens with two attached hydrogens (primary N) is 1. The van der Waals surface area contributed by atoms with Gasteiger partial charge in [-0.2, -0.15) is 0 Å². The molecule has 0 aliphatic carbocycles. The van der Waals surface area contributed by atoms with Gasteiger partial charge in [0.1, 0.15) is 0 Å². The summed E-state index contributed by atoms with van der Waals surface area (Å²) in [4.78, 5) is 0. The summed E-state index contributed by atoms with van der Waals surface area (Å²) >= 11 is 0. The molecule has 0 aromatic rings. The molecule has 1 heterocycles. The lowest BCUT2D eigenvalue weighted by Gasteiger charge is -2.37. The average Bonchev–Trinajstić information content (AvgIpc) is 2.21. The van der Waals surface area contributed by atoms with Gasteiger partial charge in [-0.3, -0.25) is 0 Å². The van der Waals surface area contributed by atoms with Crippen molar-refractivity contribution in [1.29, 1.82) is 0 Å². The van der Waals surface area contributed by atoms with E-state index in [9.17, 15) is 0 Å². The number of hydrogen-bond acceptors (Lipinski definition) is 3. The molecule has 0 radical (unpaired) electrons. The molecule has 1 rings (SSSR count). The number of ether oxygens (including phenoxy) is 2. The van der Waals surface area contributed by atoms with Crippen LogP contribution in [0.1, 0.15) is 46.5 Å². The third kappa shape index (κ3) is 4.09. The van der Waals surface area contributed by atoms with Crippen LogP contribution in [0.5, 0.6) is 0 Å². The van der Waals surface area contributed by atoms with Gasteiger partial charge in [0.15, 0.2) is 6.29 Å². The van der Waals surface area contributed by atoms with Crippen molar-refractivity contribution in [1.82, 2.24) is 0 Å². The molecule has 1 unspecified atom stereocenters. The second-order valence-corrected chi connectivity index (χ2v) is 4.95. The molecule has 3 heteroatoms. The third-order valence-electron chi connectivity index (χ3n) is 2.99. The van der Waals surface area contributed by atoms with Gasteiger partial charge in [-0.1, -0.05) is 26.7 Å². The van der Waals surface area contributed by atoms with Crippen molar-refractivity contribution in [3.63, 3.8) is 0 Å². The zero-order chi connectivity index (χ0) is 11.3. The Labute approximate surface area is 93.3 Å². The lowest BCUT2D eigenvalue weighted by Crippen LogP contribution is -2.53. The second kappa shape index (κ2) is 5.83. The monoisotopic (exact) mass is 215 g/mol. The van der Waals surface area contributed by atoms with Crippen LogP contribution in [0.25, 0.3) is 0 Å². The van der Waals surface area contributed by atoms with E-state index in [1.54, 1.807) is 0 Å². The smallest absolute Gasteiger partial charge is 0.160 e. The normalized spacial score (nSPS) is 34.0. The van der Waals surface area contributed by atoms with E-state index in [4.69, 9.17) is 15.2 Å². The molecule has 0 aromatic carbocycles. The van der Waals surface area contributed by atoms with Crippen LogP contribution in [0.2, 0.25) is 0 Å². The lowest BCUT2D eigenvalue weighted by molar-refractivity contribution is -0.228. The van der Waals surface area contributed by atoms with Crippen molar-refractivity contribution in [3.8, 4) is 0 Å². The Bertz CT molecular complexity index is 172. The van der Waals surface area contributed by atoms with Crippen molar-refractivity contribution in [3.05, 3.63) is 0 Å². The molecule has 1 saturated heterocycles. The van der Waals surface area contributed by atoms with E-state index in [2.05, 4.69) is 13.8 Å². The minimum atomic E-state index is -0.306. The fourth-order valence-corrected chi connectivity index (χ4v) is 1.91. The van der Waals surface area contributed by atoms with E-state index in [0.717, 1.165) is 6.42 Å². The maximum Gasteiger partial charge on any atom is 0.160 e. The fourth-order valence-electron chi connectivity index (χ4n) is 1.91. The highest BCUT2D eigenvalue weighted by Gasteiger charge is 2.32. The molecule has 0 amide bonds. The van der Waals surface area contributed by atoms with Crippen molar-refractivity contribution in [2.75, 3.05) is 13.2 Å². The summed E-state index contributed by atoms with van der Waals surface area (Å²) in [6, 6.07) is 0. The summed E-state index contributed by atoms with van der Waals surface area (Å²) in [6.45, 7) is 7.60. The highest BCUT2D eigenvalue weighted by molar-refractivity contribution is 4.82. The molecule has 1 aliphatic heterocycles. The SMILES string of the molecule is CCCCC(CC)C1OCC(C)(N)CO1. The Balaban J connectivity index is 2.35. The molecule has 1 aliphatic rings. The Morgan fingerprint density at radius 1 is 1.33 bits per heavy atom. The highest BCUT2D eigenvalue weighted by Crippen LogP contribution is 2.25. The molecule has 1 atom stereocenters. The van der Waals surface area contributed by atoms with Crippen molar-refractivity contribution in [2.45, 2.75) is 58.3 Å². The largest absolute Gasteiger partial charge is 0.350 e. The average molecular weight is 215 g/mol. The first kappa shape index (κ1) is 12.9. The molecule has 0 spiro atoms. The molecular weight excluding hydrogens is 190 g/mol. The van der Waals surface area contributed by atoms with E-state index in [0.29, 0.717) is 19.1 Å². The van der Waals surface area contributed by atoms with Crippen LogP contribution in [-0.2, 0) is 9.47 Å². The Kier molecular flexibility index (Phi) is 5.03. The summed E-state index contributed by atoms with van der Waals surface area (Å²) in [6.07, 6.45) is 4.77. The van der Waals surface area contributed by atoms with Crippen molar-refractivity contribution >= 4 is 0 Å². The first-order valence-electron chi connectivity index (χ1n) is 6.11. The molecule has 2 N–H and O–H groups in total. The quantitative estimate of drug-likeness (QED) is 0.765. The molecule has 0 saturated carbocycles. The predicted octanol–water partition coefficient (Wildman–Crippen LogP) is 2.29. The van der Waals surface area contributed by atoms with Crippen LogP contribution in [0.15, 0.2) is 0 Å². The highest BCUT2D eigenvalue weighted by atomic mass is 16.7. The van der Waals surface area contributed by atoms with Crippen molar-refractivity contribution < 1.29 is 9.47 Å². The molecule has 15 heavy (non-hydrogen) atoms. The van der Waals surface area contributed by atoms with Crippen LogP contribution in [-0.4, -0.2) is 25.0 Å². The molecule has 90 valence electrons. The molecule has 3 nitrogen and oxygen atoms in total. The number of hydrogen-bond donors (Lipinski definition) is 1. The van der Waals surface area contributed by atoms with E-state index in [-0.39, 0.29) is 11.8 Å². The van der Waals surface area contributed by atoms with Gasteiger partial charge in [0, 0.05) is 5.92 Å². The van der Waals surface area contributed by atoms with Gasteiger partial charge >= 0.3 is 0 Å². The zero-order valence-corrected chi connectivity index (χ0v) is 10.3. The molecule has 0 bridgehead atoms. The topological polar surface area (TPSA) is 44.5 Å². The minimum Gasteiger partial charge on any atom is -0.350 e. The standard InChI is InChI=1S/C12H25NO2/c1-4-6-7-10(5-2)11-14-8-12(3,13)9-15-11/h10-11H,4-9,13H2,1-3H3. The first-order valence-corrected chi connectivity index (χ1v) is 6.11. The first-order chi connectivity index (χ1) is 7.09. The zero-order valence-electron chi connectivity index (χ0n) is 10.3. The third-order valence-corrected chi connectivity index (χ3v) is 2.99. The molecular formula is C12H25NO2. The maximum atomic E-state index is 5.93. The van der Waals surface area contributed by atoms with E-state index in [1.807, 2.05) is 6.92 Å². The fraction of sp³-hybridized carbons (Fsp3) is 1.00. The van der Waals surface area contributed by atoms with Crippen LogP contribution < -0.4 is 5.73 Å². The summed E-state index contributed by atoms with van der Waals surface area (Å²) in [5.41, 5.74) is 5.63. The van der Waals surface area contributed by atoms with E-state index >= 15 is 0 Å². The number of unbranched alkanes of at least 4 members (excludes halogenated alkanes) is 1. The summed E-state index contributed by atoms with van der Waals surface area (Å²) in [7, 11) is 0. The van der Waals surface area contributed by atoms with Gasteiger partial charge in [0.05, 0.1) is 18.8 Å². The van der Waals surface area contributed by atoms with Crippen LogP contribution in [0.4, 0.5) is 0 Å². The molecule has 0 aromatic heterocycles. The Morgan fingerprint density at radius 2 is 1.93 bits per heavy atom. The Hall–Kier alpha value is -0.120. The summed E-state index contributed by atoms with van der Waals surface area (Å²) in [5.74, 6) is 0.529. The van der Waals surface area contributed by atoms with Gasteiger partial charge < -0.3 is 15.2 Å². The number of rotatable bonds is 5. The van der Waals surface area contributed by atoms with Gasteiger partial charge in [0.25, 0.3) is 0 Å². The molecule has 1 fully saturated rings. The van der Waals surface area contributed by atoms with Crippen LogP contribution in [0, 0.1) is 5.92 Å². The summed E-state index contributed by atoms with van der Waals surface area (Å²) in [5, 5.41) is 0. The van der Waals surface area contributed by atoms with Gasteiger partial charge in [-0.05, 0) is 19.8 Å². The second-order valence-electron chi connectivity index (χ2n) is 4.95. The van der Waals surface area contributed by atoms with Crippen molar-refractivity contribution in [2.24, 2.45) is 11.7 Å². The van der Waals surface area contributed by atoms with Gasteiger partial charge in [-0.15, -0.1) is 0 Å².